The fraction of sp³-hybridized carbons (Fsp3) is 0.235. The van der Waals surface area contributed by atoms with E-state index in [9.17, 15) is 8.42 Å². The van der Waals surface area contributed by atoms with Crippen LogP contribution >= 0.6 is 0 Å². The lowest BCUT2D eigenvalue weighted by Gasteiger charge is -2.13. The molecule has 0 aliphatic heterocycles. The highest BCUT2D eigenvalue weighted by Crippen LogP contribution is 2.37. The maximum absolute atomic E-state index is 12.8. The lowest BCUT2D eigenvalue weighted by molar-refractivity contribution is 0.391. The predicted octanol–water partition coefficient (Wildman–Crippen LogP) is 3.40. The Balaban J connectivity index is 2.55. The quantitative estimate of drug-likeness (QED) is 0.788. The monoisotopic (exact) mass is 331 g/mol. The van der Waals surface area contributed by atoms with Crippen molar-refractivity contribution in [2.24, 2.45) is 0 Å². The van der Waals surface area contributed by atoms with Gasteiger partial charge in [0.15, 0.2) is 0 Å². The van der Waals surface area contributed by atoms with Crippen molar-refractivity contribution in [1.29, 1.82) is 0 Å². The van der Waals surface area contributed by atoms with Crippen LogP contribution in [0.4, 0.5) is 0 Å². The Hall–Kier alpha value is -2.52. The number of sulfone groups is 1. The minimum atomic E-state index is -3.85. The van der Waals surface area contributed by atoms with Crippen molar-refractivity contribution in [2.75, 3.05) is 14.2 Å². The van der Waals surface area contributed by atoms with Crippen LogP contribution in [-0.4, -0.2) is 22.6 Å². The first-order chi connectivity index (χ1) is 10.9. The highest BCUT2D eigenvalue weighted by atomic mass is 32.2. The number of hydrogen-bond donors (Lipinski definition) is 0. The molecule has 0 unspecified atom stereocenters. The van der Waals surface area contributed by atoms with Crippen molar-refractivity contribution >= 4 is 9.84 Å². The van der Waals surface area contributed by atoms with Crippen molar-refractivity contribution in [3.05, 3.63) is 65.0 Å². The third kappa shape index (κ3) is 3.30. The van der Waals surface area contributed by atoms with Gasteiger partial charge in [-0.2, -0.15) is 0 Å². The summed E-state index contributed by atoms with van der Waals surface area (Å²) in [5.41, 5.74) is 1.24. The minimum Gasteiger partial charge on any atom is -0.497 e. The van der Waals surface area contributed by atoms with E-state index in [1.165, 1.54) is 26.4 Å². The van der Waals surface area contributed by atoms with Gasteiger partial charge in [0.1, 0.15) is 11.5 Å². The molecule has 5 nitrogen and oxygen atoms in total. The van der Waals surface area contributed by atoms with Crippen LogP contribution in [0.2, 0.25) is 0 Å². The van der Waals surface area contributed by atoms with Gasteiger partial charge in [-0.1, -0.05) is 17.7 Å². The summed E-state index contributed by atoms with van der Waals surface area (Å²) in [6.07, 6.45) is 0. The van der Waals surface area contributed by atoms with E-state index in [1.807, 2.05) is 6.92 Å². The van der Waals surface area contributed by atoms with Crippen LogP contribution in [0, 0.1) is 13.5 Å². The molecule has 0 bridgehead atoms. The second kappa shape index (κ2) is 6.71. The molecule has 2 aromatic carbocycles. The summed E-state index contributed by atoms with van der Waals surface area (Å²) >= 11 is 0. The number of ether oxygens (including phenoxy) is 2. The zero-order valence-electron chi connectivity index (χ0n) is 13.1. The smallest absolute Gasteiger partial charge is 0.353 e. The van der Waals surface area contributed by atoms with Crippen molar-refractivity contribution in [3.63, 3.8) is 0 Å². The Labute approximate surface area is 136 Å². The van der Waals surface area contributed by atoms with E-state index in [2.05, 4.69) is 4.85 Å². The first-order valence-corrected chi connectivity index (χ1v) is 8.37. The van der Waals surface area contributed by atoms with E-state index in [-0.39, 0.29) is 4.90 Å². The van der Waals surface area contributed by atoms with E-state index in [0.29, 0.717) is 17.1 Å². The van der Waals surface area contributed by atoms with Gasteiger partial charge in [-0.15, -0.1) is 0 Å². The fourth-order valence-corrected chi connectivity index (χ4v) is 3.63. The number of rotatable bonds is 5. The van der Waals surface area contributed by atoms with Gasteiger partial charge in [-0.3, -0.25) is 4.85 Å². The van der Waals surface area contributed by atoms with Gasteiger partial charge in [0, 0.05) is 6.07 Å². The SMILES string of the molecule is [C-]#[N+][C@@H](c1ccc(OC)cc1OC)S(=O)(=O)c1ccc(C)cc1. The fourth-order valence-electron chi connectivity index (χ4n) is 2.19. The molecule has 0 spiro atoms. The molecule has 23 heavy (non-hydrogen) atoms. The van der Waals surface area contributed by atoms with Gasteiger partial charge in [-0.25, -0.2) is 15.0 Å². The summed E-state index contributed by atoms with van der Waals surface area (Å²) in [6.45, 7) is 9.24. The zero-order chi connectivity index (χ0) is 17.0. The van der Waals surface area contributed by atoms with Crippen LogP contribution in [0.25, 0.3) is 4.85 Å². The molecule has 0 amide bonds. The first-order valence-electron chi connectivity index (χ1n) is 6.83. The number of benzene rings is 2. The Kier molecular flexibility index (Phi) is 4.92. The Morgan fingerprint density at radius 3 is 2.22 bits per heavy atom. The summed E-state index contributed by atoms with van der Waals surface area (Å²) in [4.78, 5) is 3.45. The van der Waals surface area contributed by atoms with Crippen molar-refractivity contribution in [1.82, 2.24) is 0 Å². The summed E-state index contributed by atoms with van der Waals surface area (Å²) in [7, 11) is -0.916. The van der Waals surface area contributed by atoms with Gasteiger partial charge in [0.25, 0.3) is 9.84 Å². The molecule has 2 rings (SSSR count). The molecule has 0 saturated heterocycles. The van der Waals surface area contributed by atoms with E-state index in [0.717, 1.165) is 5.56 Å². The van der Waals surface area contributed by atoms with Crippen LogP contribution in [-0.2, 0) is 9.84 Å². The van der Waals surface area contributed by atoms with E-state index >= 15 is 0 Å². The molecule has 0 saturated carbocycles. The van der Waals surface area contributed by atoms with Crippen LogP contribution < -0.4 is 9.47 Å². The van der Waals surface area contributed by atoms with Gasteiger partial charge >= 0.3 is 5.37 Å². The second-order valence-electron chi connectivity index (χ2n) is 4.95. The Bertz CT molecular complexity index is 836. The highest BCUT2D eigenvalue weighted by molar-refractivity contribution is 7.91. The van der Waals surface area contributed by atoms with Gasteiger partial charge < -0.3 is 9.47 Å². The zero-order valence-corrected chi connectivity index (χ0v) is 13.9. The number of nitrogens with zero attached hydrogens (tertiary/aromatic N) is 1. The lowest BCUT2D eigenvalue weighted by Crippen LogP contribution is -2.12. The molecule has 0 aliphatic rings. The largest absolute Gasteiger partial charge is 0.497 e. The van der Waals surface area contributed by atoms with Crippen LogP contribution in [0.1, 0.15) is 16.5 Å². The van der Waals surface area contributed by atoms with Crippen LogP contribution in [0.3, 0.4) is 0 Å². The molecule has 0 radical (unpaired) electrons. The van der Waals surface area contributed by atoms with E-state index < -0.39 is 15.2 Å². The summed E-state index contributed by atoms with van der Waals surface area (Å²) in [6, 6.07) is 11.2. The summed E-state index contributed by atoms with van der Waals surface area (Å²) in [5, 5.41) is -1.37. The molecule has 0 heterocycles. The standard InChI is InChI=1S/C17H17NO4S/c1-12-5-8-14(9-6-12)23(19,20)17(18-2)15-10-7-13(21-3)11-16(15)22-4/h5-11,17H,1,3-4H3/t17-/m1/s1. The number of hydrogen-bond acceptors (Lipinski definition) is 4. The molecular weight excluding hydrogens is 314 g/mol. The Morgan fingerprint density at radius 2 is 1.70 bits per heavy atom. The number of methoxy groups -OCH3 is 2. The molecule has 0 aliphatic carbocycles. The topological polar surface area (TPSA) is 57.0 Å². The highest BCUT2D eigenvalue weighted by Gasteiger charge is 2.36. The lowest BCUT2D eigenvalue weighted by atomic mass is 10.2. The second-order valence-corrected chi connectivity index (χ2v) is 6.96. The maximum Gasteiger partial charge on any atom is 0.353 e. The third-order valence-electron chi connectivity index (χ3n) is 3.47. The molecule has 0 aromatic heterocycles. The average Bonchev–Trinajstić information content (AvgIpc) is 2.56. The normalized spacial score (nSPS) is 12.3. The van der Waals surface area contributed by atoms with Gasteiger partial charge in [-0.05, 0) is 31.2 Å². The number of aryl methyl sites for hydroxylation is 1. The van der Waals surface area contributed by atoms with Crippen LogP contribution in [0.15, 0.2) is 47.4 Å². The van der Waals surface area contributed by atoms with Crippen molar-refractivity contribution in [2.45, 2.75) is 17.2 Å². The molecular formula is C17H17NO4S. The van der Waals surface area contributed by atoms with Crippen LogP contribution in [0.5, 0.6) is 11.5 Å². The summed E-state index contributed by atoms with van der Waals surface area (Å²) in [5.74, 6) is 0.836. The third-order valence-corrected chi connectivity index (χ3v) is 5.34. The van der Waals surface area contributed by atoms with Gasteiger partial charge in [0.05, 0.1) is 24.7 Å². The van der Waals surface area contributed by atoms with Crippen molar-refractivity contribution < 1.29 is 17.9 Å². The molecule has 0 fully saturated rings. The Morgan fingerprint density at radius 1 is 1.04 bits per heavy atom. The molecule has 0 N–H and O–H groups in total. The molecule has 1 atom stereocenters. The minimum absolute atomic E-state index is 0.113. The van der Waals surface area contributed by atoms with E-state index in [4.69, 9.17) is 16.0 Å². The predicted molar refractivity (Wildman–Crippen MR) is 87.3 cm³/mol. The maximum atomic E-state index is 12.8. The van der Waals surface area contributed by atoms with Crippen molar-refractivity contribution in [3.8, 4) is 11.5 Å². The van der Waals surface area contributed by atoms with Gasteiger partial charge in [0.2, 0.25) is 0 Å². The molecule has 6 heteroatoms. The molecule has 2 aromatic rings. The molecule has 120 valence electrons. The summed E-state index contributed by atoms with van der Waals surface area (Å²) < 4.78 is 35.9. The average molecular weight is 331 g/mol. The van der Waals surface area contributed by atoms with E-state index in [1.54, 1.807) is 30.3 Å². The first kappa shape index (κ1) is 16.8.